The minimum Gasteiger partial charge on any atom is -0.395 e. The van der Waals surface area contributed by atoms with Gasteiger partial charge < -0.3 is 10.0 Å². The Morgan fingerprint density at radius 3 is 2.38 bits per heavy atom. The van der Waals surface area contributed by atoms with Gasteiger partial charge in [-0.05, 0) is 18.1 Å². The zero-order valence-corrected chi connectivity index (χ0v) is 16.2. The minimum absolute atomic E-state index is 0.0266. The molecule has 1 N–H and O–H groups in total. The van der Waals surface area contributed by atoms with E-state index in [9.17, 15) is 18.3 Å². The molecule has 1 spiro atoms. The quantitative estimate of drug-likeness (QED) is 0.841. The summed E-state index contributed by atoms with van der Waals surface area (Å²) < 4.78 is 26.1. The molecule has 2 heterocycles. The minimum atomic E-state index is -3.49. The molecule has 2 fully saturated rings. The number of amides is 1. The van der Waals surface area contributed by atoms with Crippen LogP contribution in [0.2, 0.25) is 0 Å². The first-order valence-corrected chi connectivity index (χ1v) is 10.7. The highest BCUT2D eigenvalue weighted by molar-refractivity contribution is 7.88. The molecule has 2 saturated heterocycles. The topological polar surface area (TPSA) is 77.9 Å². The molecule has 0 bridgehead atoms. The van der Waals surface area contributed by atoms with Crippen LogP contribution in [0, 0.1) is 0 Å². The summed E-state index contributed by atoms with van der Waals surface area (Å²) in [5, 5.41) is 9.87. The Bertz CT molecular complexity index is 810. The first-order valence-electron chi connectivity index (χ1n) is 8.89. The second-order valence-electron chi connectivity index (χ2n) is 7.16. The van der Waals surface area contributed by atoms with Gasteiger partial charge in [-0.3, -0.25) is 4.79 Å². The van der Waals surface area contributed by atoms with Crippen LogP contribution in [-0.2, 0) is 14.8 Å². The van der Waals surface area contributed by atoms with Crippen molar-refractivity contribution in [3.05, 3.63) is 41.5 Å². The maximum Gasteiger partial charge on any atom is 0.222 e. The molecular weight excluding hydrogens is 352 g/mol. The van der Waals surface area contributed by atoms with Crippen molar-refractivity contribution < 1.29 is 18.3 Å². The van der Waals surface area contributed by atoms with Crippen molar-refractivity contribution in [2.45, 2.75) is 37.8 Å². The number of aliphatic hydroxyl groups excluding tert-OH is 1. The van der Waals surface area contributed by atoms with Crippen molar-refractivity contribution in [1.82, 2.24) is 9.21 Å². The Hall–Kier alpha value is -1.70. The van der Waals surface area contributed by atoms with Gasteiger partial charge in [0, 0.05) is 25.4 Å². The van der Waals surface area contributed by atoms with E-state index in [4.69, 9.17) is 0 Å². The van der Waals surface area contributed by atoms with Gasteiger partial charge in [0.2, 0.25) is 15.9 Å². The third kappa shape index (κ3) is 2.88. The maximum atomic E-state index is 12.4. The van der Waals surface area contributed by atoms with Crippen molar-refractivity contribution in [3.8, 4) is 0 Å². The fourth-order valence-corrected chi connectivity index (χ4v) is 6.09. The molecule has 0 saturated carbocycles. The predicted molar refractivity (Wildman–Crippen MR) is 101 cm³/mol. The van der Waals surface area contributed by atoms with Gasteiger partial charge in [0.25, 0.3) is 0 Å². The smallest absolute Gasteiger partial charge is 0.222 e. The van der Waals surface area contributed by atoms with Gasteiger partial charge in [-0.1, -0.05) is 43.3 Å². The molecule has 1 aromatic carbocycles. The molecule has 0 aromatic heterocycles. The van der Waals surface area contributed by atoms with Crippen LogP contribution in [0.1, 0.15) is 37.3 Å². The number of allylic oxidation sites excluding steroid dienone is 1. The standard InChI is InChI=1S/C19H26N2O4S/c1-4-6-14-7-9-15(10-8-14)18-16(11-22)21(26(3,24)25)19(18)12-20(13-19)17(23)5-2/h4,6-10,16,18,22H,5,11-13H2,1-3H3/t16-,18+/m1/s1. The third-order valence-electron chi connectivity index (χ3n) is 5.49. The lowest BCUT2D eigenvalue weighted by Gasteiger charge is -2.69. The van der Waals surface area contributed by atoms with Crippen LogP contribution >= 0.6 is 0 Å². The van der Waals surface area contributed by atoms with E-state index in [0.29, 0.717) is 19.5 Å². The third-order valence-corrected chi connectivity index (χ3v) is 6.84. The Balaban J connectivity index is 1.95. The molecule has 2 aliphatic rings. The Labute approximate surface area is 155 Å². The van der Waals surface area contributed by atoms with E-state index in [2.05, 4.69) is 0 Å². The molecule has 0 unspecified atom stereocenters. The summed E-state index contributed by atoms with van der Waals surface area (Å²) in [6.45, 7) is 4.28. The van der Waals surface area contributed by atoms with Gasteiger partial charge in [0.1, 0.15) is 0 Å². The van der Waals surface area contributed by atoms with Crippen LogP contribution in [0.5, 0.6) is 0 Å². The highest BCUT2D eigenvalue weighted by atomic mass is 32.2. The van der Waals surface area contributed by atoms with E-state index >= 15 is 0 Å². The molecule has 7 heteroatoms. The van der Waals surface area contributed by atoms with E-state index in [0.717, 1.165) is 11.1 Å². The van der Waals surface area contributed by atoms with Gasteiger partial charge in [-0.25, -0.2) is 8.42 Å². The number of hydrogen-bond donors (Lipinski definition) is 1. The summed E-state index contributed by atoms with van der Waals surface area (Å²) in [6, 6.07) is 7.49. The Kier molecular flexibility index (Phi) is 4.98. The average Bonchev–Trinajstić information content (AvgIpc) is 2.53. The molecule has 1 amide bonds. The normalized spacial score (nSPS) is 25.3. The SMILES string of the molecule is CC=Cc1ccc([C@H]2[C@@H](CO)N(S(C)(=O)=O)C23CN(C(=O)CC)C3)cc1. The molecule has 3 rings (SSSR count). The number of carbonyl (C=O) groups excluding carboxylic acids is 1. The zero-order chi connectivity index (χ0) is 19.1. The molecule has 26 heavy (non-hydrogen) atoms. The zero-order valence-electron chi connectivity index (χ0n) is 15.4. The van der Waals surface area contributed by atoms with E-state index in [1.54, 1.807) is 11.8 Å². The van der Waals surface area contributed by atoms with Crippen molar-refractivity contribution >= 4 is 22.0 Å². The molecular formula is C19H26N2O4S. The Morgan fingerprint density at radius 1 is 1.31 bits per heavy atom. The highest BCUT2D eigenvalue weighted by Crippen LogP contribution is 2.55. The van der Waals surface area contributed by atoms with E-state index in [-0.39, 0.29) is 18.4 Å². The number of nitrogens with zero attached hydrogens (tertiary/aromatic N) is 2. The lowest BCUT2D eigenvalue weighted by atomic mass is 9.62. The second kappa shape index (κ2) is 6.79. The number of likely N-dealkylation sites (tertiary alicyclic amines) is 1. The van der Waals surface area contributed by atoms with Gasteiger partial charge in [0.05, 0.1) is 24.4 Å². The number of aliphatic hydroxyl groups is 1. The largest absolute Gasteiger partial charge is 0.395 e. The summed E-state index contributed by atoms with van der Waals surface area (Å²) in [4.78, 5) is 13.7. The monoisotopic (exact) mass is 378 g/mol. The first-order chi connectivity index (χ1) is 12.3. The van der Waals surface area contributed by atoms with Crippen LogP contribution in [0.15, 0.2) is 30.3 Å². The van der Waals surface area contributed by atoms with Gasteiger partial charge in [-0.2, -0.15) is 4.31 Å². The van der Waals surface area contributed by atoms with Crippen LogP contribution in [0.3, 0.4) is 0 Å². The Morgan fingerprint density at radius 2 is 1.92 bits per heavy atom. The summed E-state index contributed by atoms with van der Waals surface area (Å²) in [5.41, 5.74) is 1.43. The summed E-state index contributed by atoms with van der Waals surface area (Å²) in [7, 11) is -3.49. The molecule has 2 aliphatic heterocycles. The highest BCUT2D eigenvalue weighted by Gasteiger charge is 2.69. The summed E-state index contributed by atoms with van der Waals surface area (Å²) in [5.74, 6) is -0.0958. The van der Waals surface area contributed by atoms with Crippen molar-refractivity contribution in [2.75, 3.05) is 26.0 Å². The van der Waals surface area contributed by atoms with Crippen LogP contribution < -0.4 is 0 Å². The van der Waals surface area contributed by atoms with Crippen molar-refractivity contribution in [2.24, 2.45) is 0 Å². The predicted octanol–water partition coefficient (Wildman–Crippen LogP) is 1.43. The number of hydrogen-bond acceptors (Lipinski definition) is 4. The van der Waals surface area contributed by atoms with E-state index in [1.807, 2.05) is 43.3 Å². The molecule has 0 radical (unpaired) electrons. The molecule has 6 nitrogen and oxygen atoms in total. The van der Waals surface area contributed by atoms with Crippen molar-refractivity contribution in [1.29, 1.82) is 0 Å². The molecule has 142 valence electrons. The number of benzene rings is 1. The number of sulfonamides is 1. The number of rotatable bonds is 5. The van der Waals surface area contributed by atoms with Gasteiger partial charge in [0.15, 0.2) is 0 Å². The lowest BCUT2D eigenvalue weighted by molar-refractivity contribution is -0.167. The van der Waals surface area contributed by atoms with Crippen molar-refractivity contribution in [3.63, 3.8) is 0 Å². The lowest BCUT2D eigenvalue weighted by Crippen LogP contribution is -2.85. The first kappa shape index (κ1) is 19.1. The summed E-state index contributed by atoms with van der Waals surface area (Å²) in [6.07, 6.45) is 5.54. The average molecular weight is 378 g/mol. The molecule has 0 aliphatic carbocycles. The fourth-order valence-electron chi connectivity index (χ4n) is 4.52. The van der Waals surface area contributed by atoms with Crippen LogP contribution in [0.4, 0.5) is 0 Å². The molecule has 1 aromatic rings. The maximum absolute atomic E-state index is 12.4. The fraction of sp³-hybridized carbons (Fsp3) is 0.526. The van der Waals surface area contributed by atoms with Crippen LogP contribution in [-0.4, -0.2) is 66.2 Å². The molecule has 2 atom stereocenters. The van der Waals surface area contributed by atoms with Gasteiger partial charge >= 0.3 is 0 Å². The van der Waals surface area contributed by atoms with E-state index < -0.39 is 21.6 Å². The van der Waals surface area contributed by atoms with Crippen LogP contribution in [0.25, 0.3) is 6.08 Å². The van der Waals surface area contributed by atoms with Gasteiger partial charge in [-0.15, -0.1) is 0 Å². The van der Waals surface area contributed by atoms with E-state index in [1.165, 1.54) is 10.6 Å². The second-order valence-corrected chi connectivity index (χ2v) is 9.02. The number of carbonyl (C=O) groups is 1. The summed E-state index contributed by atoms with van der Waals surface area (Å²) >= 11 is 0.